The first kappa shape index (κ1) is 21.4. The number of hydrogen-bond acceptors (Lipinski definition) is 4. The number of thioether (sulfide) groups is 1. The molecule has 0 saturated heterocycles. The summed E-state index contributed by atoms with van der Waals surface area (Å²) in [5.74, 6) is -0.417. The first-order chi connectivity index (χ1) is 15.8. The SMILES string of the molecule is Cc1cccc(C2=NN3C(=N)/C(=C/c4cc(C)n(-c5cccc(Cl)c5)c4C)C(=O)N=C3S2)c1. The average molecular weight is 474 g/mol. The standard InChI is InChI=1S/C25H20ClN5OS/c1-14-6-4-7-17(10-14)24-29-31-22(27)21(23(32)28-25(31)33-24)12-18-11-15(2)30(16(18)3)20-9-5-8-19(26)13-20/h4-13,27H,1-3H3/b21-12-,27-22?. The van der Waals surface area contributed by atoms with E-state index in [4.69, 9.17) is 17.0 Å². The Morgan fingerprint density at radius 2 is 1.85 bits per heavy atom. The zero-order valence-corrected chi connectivity index (χ0v) is 19.8. The number of amides is 1. The lowest BCUT2D eigenvalue weighted by Gasteiger charge is -2.20. The Kier molecular flexibility index (Phi) is 5.31. The molecule has 1 aromatic heterocycles. The van der Waals surface area contributed by atoms with Crippen LogP contribution < -0.4 is 0 Å². The second kappa shape index (κ2) is 8.17. The molecule has 0 bridgehead atoms. The number of carbonyl (C=O) groups is 1. The van der Waals surface area contributed by atoms with Gasteiger partial charge < -0.3 is 4.57 Å². The van der Waals surface area contributed by atoms with Gasteiger partial charge in [0.1, 0.15) is 5.04 Å². The highest BCUT2D eigenvalue weighted by Gasteiger charge is 2.36. The van der Waals surface area contributed by atoms with Crippen LogP contribution in [0.3, 0.4) is 0 Å². The van der Waals surface area contributed by atoms with Gasteiger partial charge in [0, 0.05) is 27.7 Å². The first-order valence-electron chi connectivity index (χ1n) is 10.3. The second-order valence-corrected chi connectivity index (χ2v) is 9.33. The molecule has 0 aliphatic carbocycles. The number of aromatic nitrogens is 1. The summed E-state index contributed by atoms with van der Waals surface area (Å²) in [4.78, 5) is 17.1. The van der Waals surface area contributed by atoms with Crippen molar-refractivity contribution in [1.29, 1.82) is 5.41 Å². The number of hydrazone groups is 1. The van der Waals surface area contributed by atoms with E-state index in [1.54, 1.807) is 6.08 Å². The van der Waals surface area contributed by atoms with E-state index in [1.165, 1.54) is 16.8 Å². The van der Waals surface area contributed by atoms with E-state index in [-0.39, 0.29) is 11.4 Å². The molecule has 2 aromatic carbocycles. The van der Waals surface area contributed by atoms with Crippen LogP contribution in [0.5, 0.6) is 0 Å². The number of rotatable bonds is 3. The molecule has 8 heteroatoms. The van der Waals surface area contributed by atoms with E-state index in [2.05, 4.69) is 14.7 Å². The molecular weight excluding hydrogens is 454 g/mol. The minimum absolute atomic E-state index is 0.0210. The molecule has 0 spiro atoms. The lowest BCUT2D eigenvalue weighted by atomic mass is 10.1. The van der Waals surface area contributed by atoms with Crippen LogP contribution in [-0.4, -0.2) is 31.5 Å². The van der Waals surface area contributed by atoms with E-state index in [9.17, 15) is 4.79 Å². The monoisotopic (exact) mass is 473 g/mol. The van der Waals surface area contributed by atoms with Crippen molar-refractivity contribution in [2.75, 3.05) is 0 Å². The van der Waals surface area contributed by atoms with Crippen molar-refractivity contribution in [3.63, 3.8) is 0 Å². The first-order valence-corrected chi connectivity index (χ1v) is 11.5. The number of nitrogens with zero attached hydrogens (tertiary/aromatic N) is 4. The predicted octanol–water partition coefficient (Wildman–Crippen LogP) is 5.72. The van der Waals surface area contributed by atoms with Crippen molar-refractivity contribution in [1.82, 2.24) is 9.58 Å². The quantitative estimate of drug-likeness (QED) is 0.494. The maximum atomic E-state index is 12.9. The Balaban J connectivity index is 1.52. The van der Waals surface area contributed by atoms with E-state index in [0.717, 1.165) is 38.8 Å². The Morgan fingerprint density at radius 1 is 1.06 bits per heavy atom. The van der Waals surface area contributed by atoms with E-state index >= 15 is 0 Å². The molecule has 0 atom stereocenters. The van der Waals surface area contributed by atoms with Crippen LogP contribution in [0.4, 0.5) is 0 Å². The van der Waals surface area contributed by atoms with Crippen LogP contribution in [0.25, 0.3) is 11.8 Å². The molecule has 3 heterocycles. The van der Waals surface area contributed by atoms with Gasteiger partial charge in [-0.25, -0.2) is 0 Å². The zero-order chi connectivity index (χ0) is 23.3. The third kappa shape index (κ3) is 3.83. The van der Waals surface area contributed by atoms with Crippen LogP contribution in [0.15, 0.2) is 70.3 Å². The summed E-state index contributed by atoms with van der Waals surface area (Å²) < 4.78 is 2.07. The molecule has 0 saturated carbocycles. The molecule has 164 valence electrons. The molecule has 0 fully saturated rings. The van der Waals surface area contributed by atoms with Crippen LogP contribution in [0.1, 0.15) is 28.1 Å². The molecule has 2 aliphatic rings. The van der Waals surface area contributed by atoms with Gasteiger partial charge in [-0.05, 0) is 74.5 Å². The van der Waals surface area contributed by atoms with Gasteiger partial charge in [0.2, 0.25) is 5.17 Å². The third-order valence-electron chi connectivity index (χ3n) is 5.56. The van der Waals surface area contributed by atoms with Crippen molar-refractivity contribution in [2.45, 2.75) is 20.8 Å². The van der Waals surface area contributed by atoms with Gasteiger partial charge in [0.25, 0.3) is 5.91 Å². The Labute approximate surface area is 200 Å². The van der Waals surface area contributed by atoms with Crippen LogP contribution in [-0.2, 0) is 4.79 Å². The summed E-state index contributed by atoms with van der Waals surface area (Å²) in [5, 5.41) is 16.5. The number of aryl methyl sites for hydroxylation is 2. The number of fused-ring (bicyclic) bond motifs is 1. The third-order valence-corrected chi connectivity index (χ3v) is 6.75. The summed E-state index contributed by atoms with van der Waals surface area (Å²) in [6.07, 6.45) is 1.72. The fourth-order valence-electron chi connectivity index (χ4n) is 3.99. The van der Waals surface area contributed by atoms with Gasteiger partial charge in [-0.2, -0.15) is 15.1 Å². The number of nitrogens with one attached hydrogen (secondary N) is 1. The van der Waals surface area contributed by atoms with Crippen LogP contribution in [0, 0.1) is 26.2 Å². The van der Waals surface area contributed by atoms with E-state index in [1.807, 2.05) is 75.4 Å². The van der Waals surface area contributed by atoms with Gasteiger partial charge in [-0.15, -0.1) is 0 Å². The molecule has 5 rings (SSSR count). The lowest BCUT2D eigenvalue weighted by Crippen LogP contribution is -2.35. The molecule has 6 nitrogen and oxygen atoms in total. The zero-order valence-electron chi connectivity index (χ0n) is 18.3. The Bertz CT molecular complexity index is 1430. The van der Waals surface area contributed by atoms with E-state index in [0.29, 0.717) is 10.2 Å². The Morgan fingerprint density at radius 3 is 2.61 bits per heavy atom. The number of aliphatic imine (C=N–C) groups is 1. The van der Waals surface area contributed by atoms with Gasteiger partial charge in [-0.1, -0.05) is 41.4 Å². The largest absolute Gasteiger partial charge is 0.318 e. The minimum atomic E-state index is -0.438. The fourth-order valence-corrected chi connectivity index (χ4v) is 5.06. The normalized spacial score (nSPS) is 16.8. The molecule has 0 unspecified atom stereocenters. The topological polar surface area (TPSA) is 73.8 Å². The number of hydrogen-bond donors (Lipinski definition) is 1. The molecule has 3 aromatic rings. The number of carbonyl (C=O) groups excluding carboxylic acids is 1. The van der Waals surface area contributed by atoms with Crippen molar-refractivity contribution in [3.05, 3.63) is 93.3 Å². The Hall–Kier alpha value is -3.42. The van der Waals surface area contributed by atoms with E-state index < -0.39 is 5.91 Å². The molecular formula is C25H20ClN5OS. The molecule has 1 N–H and O–H groups in total. The predicted molar refractivity (Wildman–Crippen MR) is 136 cm³/mol. The number of halogens is 1. The average Bonchev–Trinajstić information content (AvgIpc) is 3.31. The molecule has 1 amide bonds. The highest BCUT2D eigenvalue weighted by atomic mass is 35.5. The smallest absolute Gasteiger partial charge is 0.283 e. The fraction of sp³-hybridized carbons (Fsp3) is 0.120. The van der Waals surface area contributed by atoms with Gasteiger partial charge in [-0.3, -0.25) is 10.2 Å². The maximum absolute atomic E-state index is 12.9. The summed E-state index contributed by atoms with van der Waals surface area (Å²) in [5.41, 5.74) is 5.98. The maximum Gasteiger partial charge on any atom is 0.283 e. The van der Waals surface area contributed by atoms with Crippen LogP contribution in [0.2, 0.25) is 5.02 Å². The van der Waals surface area contributed by atoms with Crippen molar-refractivity contribution >= 4 is 51.4 Å². The molecule has 0 radical (unpaired) electrons. The molecule has 2 aliphatic heterocycles. The van der Waals surface area contributed by atoms with Crippen molar-refractivity contribution in [2.24, 2.45) is 10.1 Å². The minimum Gasteiger partial charge on any atom is -0.318 e. The van der Waals surface area contributed by atoms with Gasteiger partial charge in [0.15, 0.2) is 5.84 Å². The highest BCUT2D eigenvalue weighted by Crippen LogP contribution is 2.32. The van der Waals surface area contributed by atoms with Crippen molar-refractivity contribution < 1.29 is 4.79 Å². The van der Waals surface area contributed by atoms with Gasteiger partial charge in [0.05, 0.1) is 5.57 Å². The van der Waals surface area contributed by atoms with Crippen molar-refractivity contribution in [3.8, 4) is 5.69 Å². The summed E-state index contributed by atoms with van der Waals surface area (Å²) in [6.45, 7) is 5.99. The number of benzene rings is 2. The molecule has 33 heavy (non-hydrogen) atoms. The summed E-state index contributed by atoms with van der Waals surface area (Å²) >= 11 is 7.48. The highest BCUT2D eigenvalue weighted by molar-refractivity contribution is 8.27. The summed E-state index contributed by atoms with van der Waals surface area (Å²) in [7, 11) is 0. The second-order valence-electron chi connectivity index (χ2n) is 7.94. The lowest BCUT2D eigenvalue weighted by molar-refractivity contribution is -0.114. The van der Waals surface area contributed by atoms with Crippen LogP contribution >= 0.6 is 23.4 Å². The van der Waals surface area contributed by atoms with Gasteiger partial charge >= 0.3 is 0 Å². The summed E-state index contributed by atoms with van der Waals surface area (Å²) in [6, 6.07) is 17.6. The number of amidine groups is 2.